The Bertz CT molecular complexity index is 595. The van der Waals surface area contributed by atoms with Crippen LogP contribution in [0.5, 0.6) is 5.75 Å². The van der Waals surface area contributed by atoms with Gasteiger partial charge in [-0.2, -0.15) is 22.5 Å². The zero-order valence-electron chi connectivity index (χ0n) is 9.26. The van der Waals surface area contributed by atoms with Crippen LogP contribution in [0.3, 0.4) is 0 Å². The van der Waals surface area contributed by atoms with Gasteiger partial charge in [0.25, 0.3) is 11.9 Å². The van der Waals surface area contributed by atoms with Crippen LogP contribution in [0.4, 0.5) is 17.6 Å². The molecule has 0 spiro atoms. The summed E-state index contributed by atoms with van der Waals surface area (Å²) < 4.78 is 57.7. The SMILES string of the molecule is Fc1nc(F)c(F)c(OCc2ccccc2Br)c1F. The molecule has 19 heavy (non-hydrogen) atoms. The van der Waals surface area contributed by atoms with Crippen LogP contribution in [0.2, 0.25) is 0 Å². The molecule has 1 heterocycles. The zero-order chi connectivity index (χ0) is 14.0. The van der Waals surface area contributed by atoms with Crippen molar-refractivity contribution in [1.29, 1.82) is 0 Å². The van der Waals surface area contributed by atoms with Crippen molar-refractivity contribution in [3.05, 3.63) is 57.8 Å². The van der Waals surface area contributed by atoms with Gasteiger partial charge in [-0.1, -0.05) is 34.1 Å². The zero-order valence-corrected chi connectivity index (χ0v) is 10.8. The molecule has 0 saturated heterocycles. The first-order valence-electron chi connectivity index (χ1n) is 5.07. The first-order valence-corrected chi connectivity index (χ1v) is 5.86. The summed E-state index contributed by atoms with van der Waals surface area (Å²) >= 11 is 3.21. The van der Waals surface area contributed by atoms with Gasteiger partial charge in [-0.15, -0.1) is 0 Å². The first-order chi connectivity index (χ1) is 9.00. The maximum absolute atomic E-state index is 13.3. The molecule has 2 aromatic rings. The third kappa shape index (κ3) is 2.86. The molecule has 100 valence electrons. The Balaban J connectivity index is 2.28. The summed E-state index contributed by atoms with van der Waals surface area (Å²) in [7, 11) is 0. The van der Waals surface area contributed by atoms with Crippen LogP contribution in [0.15, 0.2) is 28.7 Å². The average molecular weight is 336 g/mol. The molecule has 0 bridgehead atoms. The Hall–Kier alpha value is -1.63. The summed E-state index contributed by atoms with van der Waals surface area (Å²) in [4.78, 5) is 2.43. The third-order valence-corrected chi connectivity index (χ3v) is 3.06. The molecule has 0 N–H and O–H groups in total. The Morgan fingerprint density at radius 3 is 2.16 bits per heavy atom. The lowest BCUT2D eigenvalue weighted by Crippen LogP contribution is -2.06. The molecule has 0 amide bonds. The fourth-order valence-corrected chi connectivity index (χ4v) is 1.76. The number of pyridine rings is 1. The van der Waals surface area contributed by atoms with E-state index >= 15 is 0 Å². The first kappa shape index (κ1) is 13.8. The maximum atomic E-state index is 13.3. The number of hydrogen-bond acceptors (Lipinski definition) is 2. The highest BCUT2D eigenvalue weighted by atomic mass is 79.9. The van der Waals surface area contributed by atoms with Gasteiger partial charge in [-0.3, -0.25) is 0 Å². The molecule has 0 unspecified atom stereocenters. The number of ether oxygens (including phenoxy) is 1. The van der Waals surface area contributed by atoms with E-state index in [1.807, 2.05) is 0 Å². The number of aromatic nitrogens is 1. The standard InChI is InChI=1S/C12H6BrF4NO/c13-7-4-2-1-3-6(7)5-19-10-8(14)11(16)18-12(17)9(10)15/h1-4H,5H2. The lowest BCUT2D eigenvalue weighted by Gasteiger charge is -2.09. The molecule has 0 fully saturated rings. The maximum Gasteiger partial charge on any atom is 0.255 e. The second-order valence-electron chi connectivity index (χ2n) is 3.53. The monoisotopic (exact) mass is 335 g/mol. The molecule has 0 aliphatic heterocycles. The molecule has 0 aliphatic carbocycles. The van der Waals surface area contributed by atoms with Gasteiger partial charge in [0.05, 0.1) is 0 Å². The number of halogens is 5. The Morgan fingerprint density at radius 1 is 1.00 bits per heavy atom. The highest BCUT2D eigenvalue weighted by molar-refractivity contribution is 9.10. The minimum Gasteiger partial charge on any atom is -0.483 e. The summed E-state index contributed by atoms with van der Waals surface area (Å²) in [5.74, 6) is -7.94. The summed E-state index contributed by atoms with van der Waals surface area (Å²) in [6, 6.07) is 6.75. The minimum absolute atomic E-state index is 0.252. The van der Waals surface area contributed by atoms with Crippen LogP contribution in [0, 0.1) is 23.5 Å². The van der Waals surface area contributed by atoms with E-state index < -0.39 is 29.3 Å². The van der Waals surface area contributed by atoms with Crippen molar-refractivity contribution in [2.24, 2.45) is 0 Å². The molecule has 1 aromatic carbocycles. The number of nitrogens with zero attached hydrogens (tertiary/aromatic N) is 1. The molecule has 0 atom stereocenters. The number of benzene rings is 1. The largest absolute Gasteiger partial charge is 0.483 e. The molecule has 2 nitrogen and oxygen atoms in total. The molecular formula is C12H6BrF4NO. The van der Waals surface area contributed by atoms with Gasteiger partial charge in [-0.25, -0.2) is 0 Å². The quantitative estimate of drug-likeness (QED) is 0.625. The molecule has 0 radical (unpaired) electrons. The highest BCUT2D eigenvalue weighted by Crippen LogP contribution is 2.26. The Kier molecular flexibility index (Phi) is 4.04. The van der Waals surface area contributed by atoms with Crippen molar-refractivity contribution in [2.75, 3.05) is 0 Å². The van der Waals surface area contributed by atoms with E-state index in [9.17, 15) is 17.6 Å². The molecule has 2 rings (SSSR count). The van der Waals surface area contributed by atoms with E-state index in [0.29, 0.717) is 10.0 Å². The predicted molar refractivity (Wildman–Crippen MR) is 62.5 cm³/mol. The predicted octanol–water partition coefficient (Wildman–Crippen LogP) is 3.98. The van der Waals surface area contributed by atoms with Crippen LogP contribution in [-0.4, -0.2) is 4.98 Å². The molecule has 0 saturated carbocycles. The van der Waals surface area contributed by atoms with Crippen LogP contribution < -0.4 is 4.74 Å². The van der Waals surface area contributed by atoms with Crippen molar-refractivity contribution in [2.45, 2.75) is 6.61 Å². The van der Waals surface area contributed by atoms with Gasteiger partial charge in [0, 0.05) is 10.0 Å². The van der Waals surface area contributed by atoms with Gasteiger partial charge >= 0.3 is 0 Å². The van der Waals surface area contributed by atoms with Crippen molar-refractivity contribution in [3.63, 3.8) is 0 Å². The topological polar surface area (TPSA) is 22.1 Å². The van der Waals surface area contributed by atoms with E-state index in [2.05, 4.69) is 20.9 Å². The van der Waals surface area contributed by atoms with Crippen LogP contribution in [0.1, 0.15) is 5.56 Å². The van der Waals surface area contributed by atoms with Crippen molar-refractivity contribution < 1.29 is 22.3 Å². The smallest absolute Gasteiger partial charge is 0.255 e. The lowest BCUT2D eigenvalue weighted by atomic mass is 10.2. The van der Waals surface area contributed by atoms with Gasteiger partial charge in [0.1, 0.15) is 6.61 Å². The molecular weight excluding hydrogens is 330 g/mol. The summed E-state index contributed by atoms with van der Waals surface area (Å²) in [6.45, 7) is -0.252. The minimum atomic E-state index is -1.75. The fourth-order valence-electron chi connectivity index (χ4n) is 1.36. The van der Waals surface area contributed by atoms with Crippen LogP contribution in [0.25, 0.3) is 0 Å². The van der Waals surface area contributed by atoms with E-state index in [1.54, 1.807) is 24.3 Å². The van der Waals surface area contributed by atoms with E-state index in [1.165, 1.54) is 0 Å². The van der Waals surface area contributed by atoms with Gasteiger partial charge in [0.2, 0.25) is 17.4 Å². The fraction of sp³-hybridized carbons (Fsp3) is 0.0833. The number of rotatable bonds is 3. The Labute approximate surface area is 114 Å². The lowest BCUT2D eigenvalue weighted by molar-refractivity contribution is 0.254. The average Bonchev–Trinajstić information content (AvgIpc) is 2.38. The summed E-state index contributed by atoms with van der Waals surface area (Å²) in [6.07, 6.45) is 0. The van der Waals surface area contributed by atoms with Gasteiger partial charge < -0.3 is 4.74 Å². The summed E-state index contributed by atoms with van der Waals surface area (Å²) in [5.41, 5.74) is 0.568. The van der Waals surface area contributed by atoms with Crippen molar-refractivity contribution >= 4 is 15.9 Å². The summed E-state index contributed by atoms with van der Waals surface area (Å²) in [5, 5.41) is 0. The Morgan fingerprint density at radius 2 is 1.58 bits per heavy atom. The second-order valence-corrected chi connectivity index (χ2v) is 4.38. The van der Waals surface area contributed by atoms with E-state index in [0.717, 1.165) is 0 Å². The highest BCUT2D eigenvalue weighted by Gasteiger charge is 2.22. The van der Waals surface area contributed by atoms with Crippen molar-refractivity contribution in [3.8, 4) is 5.75 Å². The normalized spacial score (nSPS) is 10.6. The van der Waals surface area contributed by atoms with E-state index in [-0.39, 0.29) is 6.61 Å². The third-order valence-electron chi connectivity index (χ3n) is 2.29. The van der Waals surface area contributed by atoms with Gasteiger partial charge in [-0.05, 0) is 6.07 Å². The van der Waals surface area contributed by atoms with Crippen LogP contribution in [-0.2, 0) is 6.61 Å². The van der Waals surface area contributed by atoms with E-state index in [4.69, 9.17) is 4.74 Å². The van der Waals surface area contributed by atoms with Crippen LogP contribution >= 0.6 is 15.9 Å². The van der Waals surface area contributed by atoms with Crippen molar-refractivity contribution in [1.82, 2.24) is 4.98 Å². The molecule has 0 aliphatic rings. The molecule has 7 heteroatoms. The molecule has 1 aromatic heterocycles. The van der Waals surface area contributed by atoms with Gasteiger partial charge in [0.15, 0.2) is 0 Å². The second kappa shape index (κ2) is 5.56. The number of hydrogen-bond donors (Lipinski definition) is 0.